The minimum absolute atomic E-state index is 0.0490. The van der Waals surface area contributed by atoms with Gasteiger partial charge in [-0.1, -0.05) is 30.3 Å². The van der Waals surface area contributed by atoms with Crippen molar-refractivity contribution < 1.29 is 27.4 Å². The Balaban J connectivity index is 1.42. The average Bonchev–Trinajstić information content (AvgIpc) is 3.52. The lowest BCUT2D eigenvalue weighted by Gasteiger charge is -2.41. The minimum atomic E-state index is -4.73. The molecule has 2 aliphatic heterocycles. The van der Waals surface area contributed by atoms with Crippen LogP contribution in [0.5, 0.6) is 11.5 Å². The molecule has 0 amide bonds. The highest BCUT2D eigenvalue weighted by molar-refractivity contribution is 5.44. The summed E-state index contributed by atoms with van der Waals surface area (Å²) in [7, 11) is 0. The highest BCUT2D eigenvalue weighted by atomic mass is 19.4. The summed E-state index contributed by atoms with van der Waals surface area (Å²) < 4.78 is 55.3. The summed E-state index contributed by atoms with van der Waals surface area (Å²) in [5.41, 5.74) is 1.52. The van der Waals surface area contributed by atoms with E-state index in [4.69, 9.17) is 9.47 Å². The van der Waals surface area contributed by atoms with E-state index in [-0.39, 0.29) is 23.3 Å². The second kappa shape index (κ2) is 8.60. The predicted molar refractivity (Wildman–Crippen MR) is 114 cm³/mol. The molecule has 1 aliphatic carbocycles. The van der Waals surface area contributed by atoms with Crippen LogP contribution in [-0.2, 0) is 4.74 Å². The van der Waals surface area contributed by atoms with Crippen molar-refractivity contribution in [1.82, 2.24) is 5.32 Å². The highest BCUT2D eigenvalue weighted by Gasteiger charge is 2.49. The van der Waals surface area contributed by atoms with Gasteiger partial charge in [0.15, 0.2) is 0 Å². The Morgan fingerprint density at radius 1 is 1.09 bits per heavy atom. The zero-order valence-electron chi connectivity index (χ0n) is 17.9. The van der Waals surface area contributed by atoms with Gasteiger partial charge in [-0.25, -0.2) is 0 Å². The molecule has 0 radical (unpaired) electrons. The molecule has 2 heterocycles. The molecule has 172 valence electrons. The van der Waals surface area contributed by atoms with E-state index in [0.717, 1.165) is 44.2 Å². The lowest BCUT2D eigenvalue weighted by atomic mass is 9.77. The van der Waals surface area contributed by atoms with Crippen molar-refractivity contribution in [2.45, 2.75) is 56.0 Å². The third-order valence-corrected chi connectivity index (χ3v) is 6.77. The standard InChI is InChI=1S/C25H28F3NO3/c26-25(27,28)32-20-9-10-22(30-15-17-7-8-17)21(13-20)19-14-24(31-16-19)11-4-12-29-23(24)18-5-2-1-3-6-18/h1-3,5-6,9-10,13,17,19,23,29H,4,7-8,11-12,14-16H2/t19-,23-,24+/m0/s1. The minimum Gasteiger partial charge on any atom is -0.493 e. The summed E-state index contributed by atoms with van der Waals surface area (Å²) >= 11 is 0. The molecule has 2 aromatic carbocycles. The molecule has 2 saturated heterocycles. The fraction of sp³-hybridized carbons (Fsp3) is 0.520. The molecule has 3 fully saturated rings. The lowest BCUT2D eigenvalue weighted by Crippen LogP contribution is -2.48. The molecule has 5 rings (SSSR count). The molecule has 0 unspecified atom stereocenters. The molecule has 2 aromatic rings. The normalized spacial score (nSPS) is 28.1. The maximum atomic E-state index is 12.9. The largest absolute Gasteiger partial charge is 0.573 e. The van der Waals surface area contributed by atoms with E-state index >= 15 is 0 Å². The van der Waals surface area contributed by atoms with Crippen molar-refractivity contribution in [3.05, 3.63) is 59.7 Å². The SMILES string of the molecule is FC(F)(F)Oc1ccc(OCC2CC2)c([C@@H]2CO[C@]3(CCCN[C@H]3c3ccccc3)C2)c1. The second-order valence-corrected chi connectivity index (χ2v) is 9.18. The Hall–Kier alpha value is -2.25. The predicted octanol–water partition coefficient (Wildman–Crippen LogP) is 5.74. The first-order valence-electron chi connectivity index (χ1n) is 11.4. The van der Waals surface area contributed by atoms with E-state index in [1.54, 1.807) is 6.07 Å². The van der Waals surface area contributed by atoms with E-state index in [9.17, 15) is 13.2 Å². The van der Waals surface area contributed by atoms with Gasteiger partial charge in [-0.2, -0.15) is 0 Å². The van der Waals surface area contributed by atoms with Crippen molar-refractivity contribution >= 4 is 0 Å². The summed E-state index contributed by atoms with van der Waals surface area (Å²) in [5.74, 6) is 0.905. The van der Waals surface area contributed by atoms with Crippen LogP contribution in [0.4, 0.5) is 13.2 Å². The Bertz CT molecular complexity index is 932. The molecule has 4 nitrogen and oxygen atoms in total. The Kier molecular flexibility index (Phi) is 5.80. The van der Waals surface area contributed by atoms with Gasteiger partial charge in [-0.05, 0) is 68.3 Å². The zero-order valence-corrected chi connectivity index (χ0v) is 17.9. The number of nitrogens with one attached hydrogen (secondary N) is 1. The molecule has 0 bridgehead atoms. The van der Waals surface area contributed by atoms with Crippen molar-refractivity contribution in [3.63, 3.8) is 0 Å². The summed E-state index contributed by atoms with van der Waals surface area (Å²) in [6.07, 6.45) is 0.183. The molecule has 1 saturated carbocycles. The molecule has 1 spiro atoms. The van der Waals surface area contributed by atoms with Crippen molar-refractivity contribution in [3.8, 4) is 11.5 Å². The summed E-state index contributed by atoms with van der Waals surface area (Å²) in [5, 5.41) is 3.62. The van der Waals surface area contributed by atoms with Gasteiger partial charge in [-0.3, -0.25) is 0 Å². The van der Waals surface area contributed by atoms with Crippen LogP contribution in [0.1, 0.15) is 55.2 Å². The molecule has 7 heteroatoms. The maximum absolute atomic E-state index is 12.9. The zero-order chi connectivity index (χ0) is 22.2. The van der Waals surface area contributed by atoms with E-state index < -0.39 is 6.36 Å². The molecule has 0 aromatic heterocycles. The van der Waals surface area contributed by atoms with Gasteiger partial charge in [0.05, 0.1) is 24.9 Å². The second-order valence-electron chi connectivity index (χ2n) is 9.18. The first-order valence-corrected chi connectivity index (χ1v) is 11.4. The Morgan fingerprint density at radius 2 is 1.91 bits per heavy atom. The van der Waals surface area contributed by atoms with Gasteiger partial charge in [0.1, 0.15) is 11.5 Å². The van der Waals surface area contributed by atoms with Gasteiger partial charge in [0.2, 0.25) is 0 Å². The summed E-state index contributed by atoms with van der Waals surface area (Å²) in [6.45, 7) is 1.96. The number of hydrogen-bond donors (Lipinski definition) is 1. The maximum Gasteiger partial charge on any atom is 0.573 e. The first-order chi connectivity index (χ1) is 15.4. The molecule has 3 atom stereocenters. The Labute approximate surface area is 186 Å². The number of hydrogen-bond acceptors (Lipinski definition) is 4. The number of piperidine rings is 1. The van der Waals surface area contributed by atoms with Crippen molar-refractivity contribution in [2.75, 3.05) is 19.8 Å². The van der Waals surface area contributed by atoms with Crippen LogP contribution in [0.3, 0.4) is 0 Å². The van der Waals surface area contributed by atoms with Crippen molar-refractivity contribution in [2.24, 2.45) is 5.92 Å². The molecule has 32 heavy (non-hydrogen) atoms. The average molecular weight is 447 g/mol. The lowest BCUT2D eigenvalue weighted by molar-refractivity contribution is -0.274. The number of alkyl halides is 3. The van der Waals surface area contributed by atoms with Crippen LogP contribution in [0.2, 0.25) is 0 Å². The topological polar surface area (TPSA) is 39.7 Å². The molecule has 3 aliphatic rings. The van der Waals surface area contributed by atoms with Gasteiger partial charge < -0.3 is 19.5 Å². The van der Waals surface area contributed by atoms with Gasteiger partial charge in [0, 0.05) is 11.5 Å². The van der Waals surface area contributed by atoms with Crippen LogP contribution < -0.4 is 14.8 Å². The molecular formula is C25H28F3NO3. The number of halogens is 3. The van der Waals surface area contributed by atoms with Crippen LogP contribution in [0.15, 0.2) is 48.5 Å². The number of benzene rings is 2. The molecule has 1 N–H and O–H groups in total. The van der Waals surface area contributed by atoms with Crippen LogP contribution in [0.25, 0.3) is 0 Å². The van der Waals surface area contributed by atoms with Gasteiger partial charge >= 0.3 is 6.36 Å². The van der Waals surface area contributed by atoms with E-state index in [0.29, 0.717) is 24.9 Å². The summed E-state index contributed by atoms with van der Waals surface area (Å²) in [4.78, 5) is 0. The van der Waals surface area contributed by atoms with E-state index in [2.05, 4.69) is 22.2 Å². The monoisotopic (exact) mass is 447 g/mol. The third-order valence-electron chi connectivity index (χ3n) is 6.77. The van der Waals surface area contributed by atoms with Crippen LogP contribution >= 0.6 is 0 Å². The number of ether oxygens (including phenoxy) is 3. The quantitative estimate of drug-likeness (QED) is 0.613. The Morgan fingerprint density at radius 3 is 2.66 bits per heavy atom. The molecular weight excluding hydrogens is 419 g/mol. The number of rotatable bonds is 6. The van der Waals surface area contributed by atoms with Crippen molar-refractivity contribution in [1.29, 1.82) is 0 Å². The van der Waals surface area contributed by atoms with Gasteiger partial charge in [-0.15, -0.1) is 13.2 Å². The highest BCUT2D eigenvalue weighted by Crippen LogP contribution is 2.50. The van der Waals surface area contributed by atoms with Gasteiger partial charge in [0.25, 0.3) is 0 Å². The smallest absolute Gasteiger partial charge is 0.493 e. The first kappa shape index (κ1) is 21.6. The van der Waals surface area contributed by atoms with E-state index in [1.807, 2.05) is 18.2 Å². The fourth-order valence-corrected chi connectivity index (χ4v) is 5.07. The van der Waals surface area contributed by atoms with E-state index in [1.165, 1.54) is 17.7 Å². The van der Waals surface area contributed by atoms with Crippen LogP contribution in [-0.4, -0.2) is 31.7 Å². The third kappa shape index (κ3) is 4.74. The summed E-state index contributed by atoms with van der Waals surface area (Å²) in [6, 6.07) is 14.7. The fourth-order valence-electron chi connectivity index (χ4n) is 5.07. The van der Waals surface area contributed by atoms with Crippen LogP contribution in [0, 0.1) is 5.92 Å².